The van der Waals surface area contributed by atoms with Gasteiger partial charge < -0.3 is 4.84 Å². The normalized spacial score (nSPS) is 18.9. The van der Waals surface area contributed by atoms with Crippen molar-refractivity contribution in [1.29, 1.82) is 0 Å². The van der Waals surface area contributed by atoms with Gasteiger partial charge in [-0.2, -0.15) is 0 Å². The fraction of sp³-hybridized carbons (Fsp3) is 0.800. The Balaban J connectivity index is 0.00000171. The predicted octanol–water partition coefficient (Wildman–Crippen LogP) is 12.3. The summed E-state index contributed by atoms with van der Waals surface area (Å²) in [6.45, 7) is 18.4. The summed E-state index contributed by atoms with van der Waals surface area (Å²) < 4.78 is 14.5. The maximum atomic E-state index is 14.5. The van der Waals surface area contributed by atoms with Crippen molar-refractivity contribution in [2.24, 2.45) is 22.4 Å². The minimum absolute atomic E-state index is 0.0455. The second-order valence-corrected chi connectivity index (χ2v) is 11.6. The highest BCUT2D eigenvalue weighted by Crippen LogP contribution is 2.43. The molecule has 0 aromatic carbocycles. The Morgan fingerprint density at radius 2 is 1.68 bits per heavy atom. The molecule has 1 heterocycles. The number of hydrogen-bond acceptors (Lipinski definition) is 2. The second kappa shape index (κ2) is 23.5. The van der Waals surface area contributed by atoms with Gasteiger partial charge in [-0.25, -0.2) is 4.39 Å². The molecule has 222 valence electrons. The molecule has 0 aromatic heterocycles. The number of hydrogen-bond donors (Lipinski definition) is 0. The molecule has 1 rings (SSSR count). The van der Waals surface area contributed by atoms with Crippen LogP contribution in [0.4, 0.5) is 4.39 Å². The molecule has 0 N–H and O–H groups in total. The number of nitrogens with zero attached hydrogens (tertiary/aromatic N) is 1. The lowest BCUT2D eigenvalue weighted by molar-refractivity contribution is 0.0813. The van der Waals surface area contributed by atoms with Crippen molar-refractivity contribution in [3.05, 3.63) is 35.7 Å². The van der Waals surface area contributed by atoms with E-state index in [-0.39, 0.29) is 11.2 Å². The largest absolute Gasteiger partial charge is 0.396 e. The molecule has 0 saturated heterocycles. The minimum Gasteiger partial charge on any atom is -0.396 e. The molecule has 0 radical (unpaired) electrons. The maximum absolute atomic E-state index is 14.5. The van der Waals surface area contributed by atoms with Crippen molar-refractivity contribution in [2.45, 2.75) is 158 Å². The van der Waals surface area contributed by atoms with Gasteiger partial charge in [0.2, 0.25) is 0 Å². The number of oxime groups is 1. The summed E-state index contributed by atoms with van der Waals surface area (Å²) in [5.41, 5.74) is 2.24. The third-order valence-corrected chi connectivity index (χ3v) is 8.04. The van der Waals surface area contributed by atoms with E-state index in [4.69, 9.17) is 4.84 Å². The van der Waals surface area contributed by atoms with Gasteiger partial charge in [0.25, 0.3) is 0 Å². The van der Waals surface area contributed by atoms with Crippen LogP contribution in [-0.4, -0.2) is 12.3 Å². The lowest BCUT2D eigenvalue weighted by Crippen LogP contribution is -2.36. The van der Waals surface area contributed by atoms with Crippen LogP contribution in [0.3, 0.4) is 0 Å². The van der Waals surface area contributed by atoms with E-state index in [0.717, 1.165) is 50.7 Å². The standard InChI is InChI=1S/C28H48FNO.C7H16/c1-7-12-14-25-20-27(30-31-22-25)28(17-9-3,18-16-23(6)10-4)21-24(11-5)19-26(29)15-13-8-2;1-3-5-7-6-4-2/h11,13,15,19,23,25H,7-10,12,14,16-18,20-22H2,1-6H3;3-7H2,1-2H3/b15-13+,24-11+,26-19+;. The second-order valence-electron chi connectivity index (χ2n) is 11.6. The highest BCUT2D eigenvalue weighted by atomic mass is 19.1. The van der Waals surface area contributed by atoms with E-state index in [0.29, 0.717) is 11.8 Å². The van der Waals surface area contributed by atoms with Gasteiger partial charge in [-0.1, -0.05) is 124 Å². The number of halogens is 1. The van der Waals surface area contributed by atoms with Crippen LogP contribution in [0, 0.1) is 17.3 Å². The first kappa shape index (κ1) is 36.6. The van der Waals surface area contributed by atoms with Crippen molar-refractivity contribution in [1.82, 2.24) is 0 Å². The average Bonchev–Trinajstić information content (AvgIpc) is 2.93. The zero-order valence-electron chi connectivity index (χ0n) is 26.7. The Morgan fingerprint density at radius 3 is 2.24 bits per heavy atom. The lowest BCUT2D eigenvalue weighted by atomic mass is 9.67. The summed E-state index contributed by atoms with van der Waals surface area (Å²) >= 11 is 0. The molecule has 3 unspecified atom stereocenters. The van der Waals surface area contributed by atoms with E-state index in [2.05, 4.69) is 52.8 Å². The molecule has 0 amide bonds. The summed E-state index contributed by atoms with van der Waals surface area (Å²) in [6, 6.07) is 0. The van der Waals surface area contributed by atoms with E-state index in [1.54, 1.807) is 12.2 Å². The molecule has 0 fully saturated rings. The summed E-state index contributed by atoms with van der Waals surface area (Å²) in [4.78, 5) is 5.79. The molecule has 1 aliphatic rings. The van der Waals surface area contributed by atoms with E-state index in [1.165, 1.54) is 69.9 Å². The third kappa shape index (κ3) is 15.9. The lowest BCUT2D eigenvalue weighted by Gasteiger charge is -2.39. The predicted molar refractivity (Wildman–Crippen MR) is 168 cm³/mol. The Labute approximate surface area is 237 Å². The highest BCUT2D eigenvalue weighted by Gasteiger charge is 2.38. The van der Waals surface area contributed by atoms with Gasteiger partial charge in [-0.15, -0.1) is 0 Å². The van der Waals surface area contributed by atoms with Crippen LogP contribution in [0.15, 0.2) is 40.9 Å². The molecule has 0 saturated carbocycles. The van der Waals surface area contributed by atoms with Crippen LogP contribution in [0.5, 0.6) is 0 Å². The molecule has 0 aromatic rings. The quantitative estimate of drug-likeness (QED) is 0.119. The van der Waals surface area contributed by atoms with Gasteiger partial charge in [0, 0.05) is 11.3 Å². The first-order chi connectivity index (χ1) is 18.4. The molecule has 3 heteroatoms. The first-order valence-electron chi connectivity index (χ1n) is 16.2. The Bertz CT molecular complexity index is 688. The van der Waals surface area contributed by atoms with E-state index in [9.17, 15) is 4.39 Å². The molecule has 1 aliphatic heterocycles. The summed E-state index contributed by atoms with van der Waals surface area (Å²) in [7, 11) is 0. The van der Waals surface area contributed by atoms with Gasteiger partial charge in [-0.05, 0) is 75.5 Å². The average molecular weight is 534 g/mol. The molecule has 3 atom stereocenters. The van der Waals surface area contributed by atoms with Crippen LogP contribution in [0.1, 0.15) is 158 Å². The van der Waals surface area contributed by atoms with Crippen LogP contribution >= 0.6 is 0 Å². The van der Waals surface area contributed by atoms with Crippen molar-refractivity contribution in [2.75, 3.05) is 6.61 Å². The van der Waals surface area contributed by atoms with Crippen molar-refractivity contribution >= 4 is 5.71 Å². The molecule has 0 bridgehead atoms. The fourth-order valence-electron chi connectivity index (χ4n) is 5.24. The number of allylic oxidation sites excluding steroid dienone is 6. The number of unbranched alkanes of at least 4 members (excludes halogenated alkanes) is 5. The van der Waals surface area contributed by atoms with Crippen molar-refractivity contribution in [3.8, 4) is 0 Å². The zero-order valence-corrected chi connectivity index (χ0v) is 26.7. The van der Waals surface area contributed by atoms with Crippen molar-refractivity contribution in [3.63, 3.8) is 0 Å². The van der Waals surface area contributed by atoms with Crippen LogP contribution in [-0.2, 0) is 4.84 Å². The van der Waals surface area contributed by atoms with Gasteiger partial charge in [-0.3, -0.25) is 0 Å². The summed E-state index contributed by atoms with van der Waals surface area (Å²) in [5.74, 6) is 1.08. The van der Waals surface area contributed by atoms with E-state index in [1.807, 2.05) is 19.9 Å². The van der Waals surface area contributed by atoms with Gasteiger partial charge in [0.15, 0.2) is 0 Å². The monoisotopic (exact) mass is 533 g/mol. The van der Waals surface area contributed by atoms with Crippen molar-refractivity contribution < 1.29 is 9.23 Å². The molecule has 2 nitrogen and oxygen atoms in total. The summed E-state index contributed by atoms with van der Waals surface area (Å²) in [6.07, 6.45) is 26.3. The van der Waals surface area contributed by atoms with E-state index >= 15 is 0 Å². The van der Waals surface area contributed by atoms with Gasteiger partial charge in [0.05, 0.1) is 5.71 Å². The number of rotatable bonds is 19. The van der Waals surface area contributed by atoms with Crippen LogP contribution in [0.25, 0.3) is 0 Å². The van der Waals surface area contributed by atoms with Crippen LogP contribution in [0.2, 0.25) is 0 Å². The SMILES string of the molecule is CCCCCCC.C\C=C(/C=C(F)\C=C\CC)CC(CCC)(CCC(C)CC)C1=NOCC(CCCC)C1. The maximum Gasteiger partial charge on any atom is 0.123 e. The fourth-order valence-corrected chi connectivity index (χ4v) is 5.24. The van der Waals surface area contributed by atoms with Crippen LogP contribution < -0.4 is 0 Å². The third-order valence-electron chi connectivity index (χ3n) is 8.04. The smallest absolute Gasteiger partial charge is 0.123 e. The van der Waals surface area contributed by atoms with Gasteiger partial charge in [0.1, 0.15) is 12.4 Å². The van der Waals surface area contributed by atoms with E-state index < -0.39 is 0 Å². The molecule has 38 heavy (non-hydrogen) atoms. The first-order valence-corrected chi connectivity index (χ1v) is 16.2. The summed E-state index contributed by atoms with van der Waals surface area (Å²) in [5, 5.41) is 4.66. The Morgan fingerprint density at radius 1 is 1.00 bits per heavy atom. The zero-order chi connectivity index (χ0) is 28.7. The minimum atomic E-state index is -0.162. The molecule has 0 spiro atoms. The molecule has 0 aliphatic carbocycles. The van der Waals surface area contributed by atoms with Gasteiger partial charge >= 0.3 is 0 Å². The molecular formula is C35H64FNO. The molecular weight excluding hydrogens is 469 g/mol. The Kier molecular flexibility index (Phi) is 22.6. The topological polar surface area (TPSA) is 21.6 Å². The highest BCUT2D eigenvalue weighted by molar-refractivity contribution is 5.90. The Hall–Kier alpha value is -1.38.